The molecule has 8 nitrogen and oxygen atoms in total. The Morgan fingerprint density at radius 3 is 2.56 bits per heavy atom. The summed E-state index contributed by atoms with van der Waals surface area (Å²) in [5.74, 6) is -0.202. The second-order valence-corrected chi connectivity index (χ2v) is 5.72. The minimum atomic E-state index is -0.533. The Morgan fingerprint density at radius 1 is 1.16 bits per heavy atom. The molecule has 9 heteroatoms. The largest absolute Gasteiger partial charge is 0.403 e. The molecule has 2 aromatic carbocycles. The van der Waals surface area contributed by atoms with Gasteiger partial charge in [-0.3, -0.25) is 20.2 Å². The lowest BCUT2D eigenvalue weighted by atomic mass is 10.2. The number of nitro benzene ring substituents is 1. The summed E-state index contributed by atoms with van der Waals surface area (Å²) in [6, 6.07) is 12.7. The fraction of sp³-hybridized carbons (Fsp3) is 0.0625. The van der Waals surface area contributed by atoms with Gasteiger partial charge in [-0.25, -0.2) is 0 Å². The molecule has 1 aromatic heterocycles. The molecular formula is C16H12N4O4S. The normalized spacial score (nSPS) is 10.4. The van der Waals surface area contributed by atoms with Crippen LogP contribution in [0.2, 0.25) is 0 Å². The van der Waals surface area contributed by atoms with Crippen molar-refractivity contribution in [1.82, 2.24) is 10.2 Å². The Bertz CT molecular complexity index is 924. The van der Waals surface area contributed by atoms with Crippen LogP contribution in [-0.4, -0.2) is 27.3 Å². The van der Waals surface area contributed by atoms with Crippen LogP contribution in [0.3, 0.4) is 0 Å². The number of benzene rings is 2. The number of carbonyl (C=O) groups is 1. The highest BCUT2D eigenvalue weighted by Gasteiger charge is 2.15. The van der Waals surface area contributed by atoms with Crippen molar-refractivity contribution in [3.05, 3.63) is 64.2 Å². The number of rotatable bonds is 5. The standard InChI is InChI=1S/C16H12N4O4S/c1-25-13-5-3-2-4-12(13)15-18-19-16(24-15)17-14(21)10-6-8-11(9-7-10)20(22)23/h2-9H,1H3,(H,17,19,21). The molecule has 0 aliphatic rings. The summed E-state index contributed by atoms with van der Waals surface area (Å²) in [6.07, 6.45) is 1.94. The number of thioether (sulfide) groups is 1. The van der Waals surface area contributed by atoms with Crippen molar-refractivity contribution in [1.29, 1.82) is 0 Å². The van der Waals surface area contributed by atoms with Gasteiger partial charge in [0.2, 0.25) is 0 Å². The third kappa shape index (κ3) is 3.66. The number of non-ortho nitro benzene ring substituents is 1. The lowest BCUT2D eigenvalue weighted by Crippen LogP contribution is -2.12. The van der Waals surface area contributed by atoms with Gasteiger partial charge >= 0.3 is 6.01 Å². The van der Waals surface area contributed by atoms with E-state index < -0.39 is 10.8 Å². The Kier molecular flexibility index (Phi) is 4.75. The van der Waals surface area contributed by atoms with E-state index in [1.165, 1.54) is 24.3 Å². The molecule has 0 saturated heterocycles. The molecule has 1 N–H and O–H groups in total. The smallest absolute Gasteiger partial charge is 0.322 e. The quantitative estimate of drug-likeness (QED) is 0.422. The van der Waals surface area contributed by atoms with Gasteiger partial charge in [-0.15, -0.1) is 16.9 Å². The van der Waals surface area contributed by atoms with Crippen LogP contribution in [0, 0.1) is 10.1 Å². The third-order valence-electron chi connectivity index (χ3n) is 3.32. The third-order valence-corrected chi connectivity index (χ3v) is 4.12. The topological polar surface area (TPSA) is 111 Å². The van der Waals surface area contributed by atoms with Crippen LogP contribution in [0.1, 0.15) is 10.4 Å². The van der Waals surface area contributed by atoms with Crippen LogP contribution >= 0.6 is 11.8 Å². The van der Waals surface area contributed by atoms with E-state index in [4.69, 9.17) is 4.42 Å². The summed E-state index contributed by atoms with van der Waals surface area (Å²) in [4.78, 5) is 23.2. The van der Waals surface area contributed by atoms with Gasteiger partial charge in [0.25, 0.3) is 17.5 Å². The Hall–Kier alpha value is -3.20. The van der Waals surface area contributed by atoms with Crippen molar-refractivity contribution >= 4 is 29.4 Å². The highest BCUT2D eigenvalue weighted by Crippen LogP contribution is 2.29. The van der Waals surface area contributed by atoms with Crippen molar-refractivity contribution in [3.63, 3.8) is 0 Å². The minimum Gasteiger partial charge on any atom is -0.403 e. The molecule has 0 spiro atoms. The average Bonchev–Trinajstić information content (AvgIpc) is 3.10. The van der Waals surface area contributed by atoms with Crippen molar-refractivity contribution < 1.29 is 14.1 Å². The predicted molar refractivity (Wildman–Crippen MR) is 92.6 cm³/mol. The Balaban J connectivity index is 1.77. The zero-order valence-electron chi connectivity index (χ0n) is 13.0. The zero-order chi connectivity index (χ0) is 17.8. The summed E-state index contributed by atoms with van der Waals surface area (Å²) >= 11 is 1.54. The lowest BCUT2D eigenvalue weighted by Gasteiger charge is -2.02. The number of nitrogens with zero attached hydrogens (tertiary/aromatic N) is 3. The number of hydrogen-bond donors (Lipinski definition) is 1. The van der Waals surface area contributed by atoms with E-state index in [-0.39, 0.29) is 17.3 Å². The molecule has 0 saturated carbocycles. The first-order valence-corrected chi connectivity index (χ1v) is 8.33. The second-order valence-electron chi connectivity index (χ2n) is 4.87. The number of anilines is 1. The maximum absolute atomic E-state index is 12.2. The van der Waals surface area contributed by atoms with Gasteiger partial charge in [0.1, 0.15) is 0 Å². The average molecular weight is 356 g/mol. The van der Waals surface area contributed by atoms with Gasteiger partial charge in [-0.1, -0.05) is 17.2 Å². The summed E-state index contributed by atoms with van der Waals surface area (Å²) in [6.45, 7) is 0. The van der Waals surface area contributed by atoms with Crippen LogP contribution < -0.4 is 5.32 Å². The number of nitrogens with one attached hydrogen (secondary N) is 1. The van der Waals surface area contributed by atoms with Gasteiger partial charge in [0, 0.05) is 22.6 Å². The molecule has 3 aromatic rings. The molecule has 0 aliphatic carbocycles. The van der Waals surface area contributed by atoms with Gasteiger partial charge in [-0.05, 0) is 30.5 Å². The number of amides is 1. The van der Waals surface area contributed by atoms with E-state index in [2.05, 4.69) is 15.5 Å². The first kappa shape index (κ1) is 16.7. The van der Waals surface area contributed by atoms with E-state index in [1.807, 2.05) is 30.5 Å². The Morgan fingerprint density at radius 2 is 1.88 bits per heavy atom. The molecule has 3 rings (SSSR count). The zero-order valence-corrected chi connectivity index (χ0v) is 13.8. The van der Waals surface area contributed by atoms with E-state index in [0.29, 0.717) is 5.89 Å². The molecule has 0 fully saturated rings. The van der Waals surface area contributed by atoms with Crippen molar-refractivity contribution in [2.24, 2.45) is 0 Å². The first-order chi connectivity index (χ1) is 12.1. The minimum absolute atomic E-state index is 0.0470. The van der Waals surface area contributed by atoms with Crippen LogP contribution in [0.25, 0.3) is 11.5 Å². The molecule has 1 heterocycles. The summed E-state index contributed by atoms with van der Waals surface area (Å²) in [5, 5.41) is 20.9. The monoisotopic (exact) mass is 356 g/mol. The molecule has 0 atom stereocenters. The maximum Gasteiger partial charge on any atom is 0.322 e. The second kappa shape index (κ2) is 7.14. The molecule has 126 valence electrons. The highest BCUT2D eigenvalue weighted by atomic mass is 32.2. The van der Waals surface area contributed by atoms with Crippen LogP contribution in [0.4, 0.5) is 11.7 Å². The van der Waals surface area contributed by atoms with E-state index in [9.17, 15) is 14.9 Å². The lowest BCUT2D eigenvalue weighted by molar-refractivity contribution is -0.384. The Labute approximate surface area is 146 Å². The van der Waals surface area contributed by atoms with Gasteiger partial charge in [0.15, 0.2) is 0 Å². The van der Waals surface area contributed by atoms with Crippen LogP contribution in [0.5, 0.6) is 0 Å². The number of hydrogen-bond acceptors (Lipinski definition) is 7. The van der Waals surface area contributed by atoms with Crippen molar-refractivity contribution in [2.45, 2.75) is 4.90 Å². The maximum atomic E-state index is 12.2. The summed E-state index contributed by atoms with van der Waals surface area (Å²) < 4.78 is 5.49. The molecule has 1 amide bonds. The van der Waals surface area contributed by atoms with E-state index >= 15 is 0 Å². The first-order valence-electron chi connectivity index (χ1n) is 7.11. The number of nitro groups is 1. The molecule has 0 unspecified atom stereocenters. The van der Waals surface area contributed by atoms with Gasteiger partial charge in [-0.2, -0.15) is 0 Å². The number of carbonyl (C=O) groups excluding carboxylic acids is 1. The molecule has 0 radical (unpaired) electrons. The summed E-state index contributed by atoms with van der Waals surface area (Å²) in [7, 11) is 0. The van der Waals surface area contributed by atoms with Crippen molar-refractivity contribution in [2.75, 3.05) is 11.6 Å². The van der Waals surface area contributed by atoms with Crippen LogP contribution in [0.15, 0.2) is 57.8 Å². The molecular weight excluding hydrogens is 344 g/mol. The molecule has 0 bridgehead atoms. The van der Waals surface area contributed by atoms with Gasteiger partial charge < -0.3 is 4.42 Å². The molecule has 25 heavy (non-hydrogen) atoms. The predicted octanol–water partition coefficient (Wildman–Crippen LogP) is 3.62. The van der Waals surface area contributed by atoms with E-state index in [1.54, 1.807) is 11.8 Å². The van der Waals surface area contributed by atoms with Crippen molar-refractivity contribution in [3.8, 4) is 11.5 Å². The van der Waals surface area contributed by atoms with Crippen LogP contribution in [-0.2, 0) is 0 Å². The van der Waals surface area contributed by atoms with Gasteiger partial charge in [0.05, 0.1) is 10.5 Å². The fourth-order valence-corrected chi connectivity index (χ4v) is 2.70. The SMILES string of the molecule is CSc1ccccc1-c1nnc(NC(=O)c2ccc([N+](=O)[O-])cc2)o1. The summed E-state index contributed by atoms with van der Waals surface area (Å²) in [5.41, 5.74) is 0.929. The molecule has 0 aliphatic heterocycles. The fourth-order valence-electron chi connectivity index (χ4n) is 2.11. The van der Waals surface area contributed by atoms with E-state index in [0.717, 1.165) is 10.5 Å². The number of aromatic nitrogens is 2. The highest BCUT2D eigenvalue weighted by molar-refractivity contribution is 7.98.